The van der Waals surface area contributed by atoms with E-state index in [9.17, 15) is 0 Å². The zero-order chi connectivity index (χ0) is 13.6. The quantitative estimate of drug-likeness (QED) is 0.334. The summed E-state index contributed by atoms with van der Waals surface area (Å²) in [4.78, 5) is 10.1. The number of ether oxygens (including phenoxy) is 1. The topological polar surface area (TPSA) is 38.2 Å². The molecule has 0 fully saturated rings. The Balaban J connectivity index is 2.43. The SMILES string of the molecule is CCN(COCC[Si](C)(C)C)c1ccnc(Cl)n1. The smallest absolute Gasteiger partial charge is 0.224 e. The molecule has 1 aromatic rings. The molecular weight excluding hydrogens is 266 g/mol. The lowest BCUT2D eigenvalue weighted by molar-refractivity contribution is 0.147. The Morgan fingerprint density at radius 3 is 2.67 bits per heavy atom. The van der Waals surface area contributed by atoms with Crippen LogP contribution in [0.15, 0.2) is 12.3 Å². The Bertz CT molecular complexity index is 371. The highest BCUT2D eigenvalue weighted by atomic mass is 35.5. The first-order valence-electron chi connectivity index (χ1n) is 6.23. The molecule has 0 aliphatic rings. The molecule has 18 heavy (non-hydrogen) atoms. The van der Waals surface area contributed by atoms with Gasteiger partial charge in [0.1, 0.15) is 12.5 Å². The van der Waals surface area contributed by atoms with E-state index in [0.717, 1.165) is 19.0 Å². The van der Waals surface area contributed by atoms with Crippen molar-refractivity contribution in [1.29, 1.82) is 0 Å². The van der Waals surface area contributed by atoms with Gasteiger partial charge in [-0.15, -0.1) is 0 Å². The summed E-state index contributed by atoms with van der Waals surface area (Å²) in [6.45, 7) is 11.3. The fraction of sp³-hybridized carbons (Fsp3) is 0.667. The van der Waals surface area contributed by atoms with Gasteiger partial charge in [-0.2, -0.15) is 0 Å². The van der Waals surface area contributed by atoms with Crippen molar-refractivity contribution in [2.24, 2.45) is 0 Å². The van der Waals surface area contributed by atoms with E-state index in [0.29, 0.717) is 6.73 Å². The Kier molecular flexibility index (Phi) is 6.04. The fourth-order valence-electron chi connectivity index (χ4n) is 1.37. The third kappa shape index (κ3) is 5.80. The fourth-order valence-corrected chi connectivity index (χ4v) is 2.27. The second-order valence-electron chi connectivity index (χ2n) is 5.39. The molecule has 0 saturated heterocycles. The molecule has 1 rings (SSSR count). The van der Waals surface area contributed by atoms with Gasteiger partial charge < -0.3 is 9.64 Å². The van der Waals surface area contributed by atoms with Crippen LogP contribution in [-0.2, 0) is 4.74 Å². The van der Waals surface area contributed by atoms with Crippen molar-refractivity contribution < 1.29 is 4.74 Å². The molecule has 6 heteroatoms. The monoisotopic (exact) mass is 287 g/mol. The number of hydrogen-bond acceptors (Lipinski definition) is 4. The van der Waals surface area contributed by atoms with E-state index in [2.05, 4.69) is 36.5 Å². The van der Waals surface area contributed by atoms with E-state index in [1.807, 2.05) is 11.0 Å². The van der Waals surface area contributed by atoms with Crippen LogP contribution in [0.5, 0.6) is 0 Å². The molecule has 0 aromatic carbocycles. The van der Waals surface area contributed by atoms with Crippen LogP contribution in [-0.4, -0.2) is 37.9 Å². The predicted molar refractivity (Wildman–Crippen MR) is 79.0 cm³/mol. The van der Waals surface area contributed by atoms with Crippen LogP contribution < -0.4 is 4.90 Å². The number of rotatable bonds is 7. The van der Waals surface area contributed by atoms with Gasteiger partial charge in [0.05, 0.1) is 0 Å². The number of halogens is 1. The average Bonchev–Trinajstić information content (AvgIpc) is 2.27. The molecule has 0 atom stereocenters. The van der Waals surface area contributed by atoms with Gasteiger partial charge in [0.15, 0.2) is 0 Å². The standard InChI is InChI=1S/C12H22ClN3OSi/c1-5-16(10-17-8-9-18(2,3)4)11-6-7-14-12(13)15-11/h6-7H,5,8-10H2,1-4H3. The molecule has 0 aliphatic heterocycles. The number of hydrogen-bond donors (Lipinski definition) is 0. The number of nitrogens with zero attached hydrogens (tertiary/aromatic N) is 3. The van der Waals surface area contributed by atoms with Crippen molar-refractivity contribution in [2.75, 3.05) is 24.8 Å². The van der Waals surface area contributed by atoms with Gasteiger partial charge in [0.25, 0.3) is 0 Å². The second kappa shape index (κ2) is 7.06. The summed E-state index contributed by atoms with van der Waals surface area (Å²) in [5, 5.41) is 0.271. The summed E-state index contributed by atoms with van der Waals surface area (Å²) in [5.74, 6) is 0.811. The predicted octanol–water partition coefficient (Wildman–Crippen LogP) is 3.27. The summed E-state index contributed by atoms with van der Waals surface area (Å²) in [6.07, 6.45) is 1.66. The molecule has 0 spiro atoms. The highest BCUT2D eigenvalue weighted by Crippen LogP contribution is 2.13. The third-order valence-corrected chi connectivity index (χ3v) is 4.45. The summed E-state index contributed by atoms with van der Waals surface area (Å²) in [7, 11) is -1.02. The lowest BCUT2D eigenvalue weighted by atomic mass is 10.5. The molecule has 1 aromatic heterocycles. The van der Waals surface area contributed by atoms with Gasteiger partial charge in [-0.1, -0.05) is 19.6 Å². The van der Waals surface area contributed by atoms with Gasteiger partial charge >= 0.3 is 0 Å². The molecule has 0 amide bonds. The van der Waals surface area contributed by atoms with Gasteiger partial charge in [0.2, 0.25) is 5.28 Å². The minimum absolute atomic E-state index is 0.271. The molecule has 4 nitrogen and oxygen atoms in total. The largest absolute Gasteiger partial charge is 0.361 e. The molecule has 0 N–H and O–H groups in total. The van der Waals surface area contributed by atoms with Crippen LogP contribution in [0.25, 0.3) is 0 Å². The first-order chi connectivity index (χ1) is 8.42. The van der Waals surface area contributed by atoms with E-state index in [1.54, 1.807) is 6.20 Å². The molecule has 0 unspecified atom stereocenters. The van der Waals surface area contributed by atoms with E-state index >= 15 is 0 Å². The lowest BCUT2D eigenvalue weighted by Crippen LogP contribution is -2.29. The zero-order valence-electron chi connectivity index (χ0n) is 11.6. The maximum Gasteiger partial charge on any atom is 0.224 e. The summed E-state index contributed by atoms with van der Waals surface area (Å²) in [5.41, 5.74) is 0. The van der Waals surface area contributed by atoms with Crippen molar-refractivity contribution in [3.05, 3.63) is 17.5 Å². The summed E-state index contributed by atoms with van der Waals surface area (Å²) in [6, 6.07) is 3.02. The molecule has 1 heterocycles. The van der Waals surface area contributed by atoms with Crippen molar-refractivity contribution in [3.8, 4) is 0 Å². The number of anilines is 1. The molecule has 0 aliphatic carbocycles. The molecule has 102 valence electrons. The van der Waals surface area contributed by atoms with Crippen LogP contribution in [0.3, 0.4) is 0 Å². The average molecular weight is 288 g/mol. The van der Waals surface area contributed by atoms with Gasteiger partial charge in [-0.3, -0.25) is 0 Å². The normalized spacial score (nSPS) is 11.6. The van der Waals surface area contributed by atoms with Crippen molar-refractivity contribution in [2.45, 2.75) is 32.6 Å². The van der Waals surface area contributed by atoms with Crippen molar-refractivity contribution >= 4 is 25.5 Å². The Morgan fingerprint density at radius 1 is 1.39 bits per heavy atom. The summed E-state index contributed by atoms with van der Waals surface area (Å²) < 4.78 is 5.71. The van der Waals surface area contributed by atoms with E-state index < -0.39 is 8.07 Å². The van der Waals surface area contributed by atoms with Crippen LogP contribution in [0.4, 0.5) is 5.82 Å². The minimum atomic E-state index is -1.02. The van der Waals surface area contributed by atoms with Crippen LogP contribution in [0.1, 0.15) is 6.92 Å². The first kappa shape index (κ1) is 15.4. The highest BCUT2D eigenvalue weighted by Gasteiger charge is 2.13. The third-order valence-electron chi connectivity index (χ3n) is 2.56. The minimum Gasteiger partial charge on any atom is -0.361 e. The van der Waals surface area contributed by atoms with Gasteiger partial charge in [-0.05, 0) is 30.6 Å². The zero-order valence-corrected chi connectivity index (χ0v) is 13.4. The van der Waals surface area contributed by atoms with Crippen LogP contribution >= 0.6 is 11.6 Å². The van der Waals surface area contributed by atoms with E-state index in [4.69, 9.17) is 16.3 Å². The van der Waals surface area contributed by atoms with Crippen LogP contribution in [0, 0.1) is 0 Å². The Labute approximate surface area is 115 Å². The van der Waals surface area contributed by atoms with Crippen molar-refractivity contribution in [1.82, 2.24) is 9.97 Å². The van der Waals surface area contributed by atoms with Crippen molar-refractivity contribution in [3.63, 3.8) is 0 Å². The Morgan fingerprint density at radius 2 is 2.11 bits per heavy atom. The number of aromatic nitrogens is 2. The first-order valence-corrected chi connectivity index (χ1v) is 10.3. The van der Waals surface area contributed by atoms with Gasteiger partial charge in [0, 0.05) is 27.4 Å². The molecule has 0 radical (unpaired) electrons. The van der Waals surface area contributed by atoms with E-state index in [1.165, 1.54) is 6.04 Å². The second-order valence-corrected chi connectivity index (χ2v) is 11.3. The molecular formula is C12H22ClN3OSi. The maximum absolute atomic E-state index is 5.78. The lowest BCUT2D eigenvalue weighted by Gasteiger charge is -2.23. The highest BCUT2D eigenvalue weighted by molar-refractivity contribution is 6.76. The van der Waals surface area contributed by atoms with E-state index in [-0.39, 0.29) is 5.28 Å². The molecule has 0 saturated carbocycles. The van der Waals surface area contributed by atoms with Gasteiger partial charge in [-0.25, -0.2) is 9.97 Å². The summed E-state index contributed by atoms with van der Waals surface area (Å²) >= 11 is 5.78. The van der Waals surface area contributed by atoms with Crippen LogP contribution in [0.2, 0.25) is 31.0 Å². The maximum atomic E-state index is 5.78. The molecule has 0 bridgehead atoms. The Hall–Kier alpha value is -0.653.